The van der Waals surface area contributed by atoms with Gasteiger partial charge in [-0.1, -0.05) is 18.2 Å². The van der Waals surface area contributed by atoms with E-state index < -0.39 is 6.04 Å². The molecule has 0 bridgehead atoms. The van der Waals surface area contributed by atoms with Crippen molar-refractivity contribution in [2.24, 2.45) is 0 Å². The number of nitrogens with one attached hydrogen (secondary N) is 3. The lowest BCUT2D eigenvalue weighted by atomic mass is 10.1. The van der Waals surface area contributed by atoms with Crippen LogP contribution in [0.25, 0.3) is 10.9 Å². The van der Waals surface area contributed by atoms with E-state index in [0.29, 0.717) is 18.7 Å². The van der Waals surface area contributed by atoms with Crippen LogP contribution in [-0.4, -0.2) is 29.5 Å². The first-order chi connectivity index (χ1) is 10.7. The van der Waals surface area contributed by atoms with Crippen LogP contribution >= 0.6 is 0 Å². The number of pyridine rings is 1. The molecule has 2 aromatic rings. The first-order valence-electron chi connectivity index (χ1n) is 7.42. The zero-order valence-corrected chi connectivity index (χ0v) is 12.1. The van der Waals surface area contributed by atoms with E-state index in [9.17, 15) is 9.59 Å². The van der Waals surface area contributed by atoms with Gasteiger partial charge in [-0.2, -0.15) is 0 Å². The molecule has 0 spiro atoms. The number of carbonyl (C=O) groups excluding carboxylic acids is 2. The van der Waals surface area contributed by atoms with Crippen LogP contribution in [0.4, 0.5) is 10.5 Å². The predicted octanol–water partition coefficient (Wildman–Crippen LogP) is 2.02. The second-order valence-corrected chi connectivity index (χ2v) is 5.35. The highest BCUT2D eigenvalue weighted by atomic mass is 16.2. The summed E-state index contributed by atoms with van der Waals surface area (Å²) in [5, 5.41) is 9.19. The summed E-state index contributed by atoms with van der Waals surface area (Å²) in [6.07, 6.45) is 4.13. The number of para-hydroxylation sites is 1. The molecule has 1 fully saturated rings. The molecule has 0 saturated carbocycles. The van der Waals surface area contributed by atoms with E-state index in [4.69, 9.17) is 0 Å². The first-order valence-corrected chi connectivity index (χ1v) is 7.42. The fourth-order valence-electron chi connectivity index (χ4n) is 2.54. The Balaban J connectivity index is 1.66. The lowest BCUT2D eigenvalue weighted by molar-refractivity contribution is -0.122. The van der Waals surface area contributed by atoms with E-state index in [1.807, 2.05) is 30.3 Å². The molecule has 1 aliphatic heterocycles. The maximum atomic E-state index is 12.0. The molecule has 1 aromatic carbocycles. The molecule has 3 amide bonds. The summed E-state index contributed by atoms with van der Waals surface area (Å²) in [7, 11) is 0. The number of anilines is 1. The number of aromatic nitrogens is 1. The van der Waals surface area contributed by atoms with Crippen molar-refractivity contribution in [1.82, 2.24) is 15.6 Å². The van der Waals surface area contributed by atoms with Gasteiger partial charge in [0.15, 0.2) is 0 Å². The van der Waals surface area contributed by atoms with Crippen molar-refractivity contribution in [2.45, 2.75) is 25.3 Å². The normalized spacial score (nSPS) is 18.4. The minimum Gasteiger partial charge on any atom is -0.354 e. The summed E-state index contributed by atoms with van der Waals surface area (Å²) in [4.78, 5) is 28.1. The Morgan fingerprint density at radius 1 is 1.27 bits per heavy atom. The minimum atomic E-state index is -0.476. The van der Waals surface area contributed by atoms with Crippen LogP contribution in [0.2, 0.25) is 0 Å². The fraction of sp³-hybridized carbons (Fsp3) is 0.312. The van der Waals surface area contributed by atoms with Gasteiger partial charge in [-0.3, -0.25) is 9.78 Å². The lowest BCUT2D eigenvalue weighted by Crippen LogP contribution is -2.47. The molecule has 6 heteroatoms. The second kappa shape index (κ2) is 6.43. The summed E-state index contributed by atoms with van der Waals surface area (Å²) in [5.41, 5.74) is 1.47. The Morgan fingerprint density at radius 2 is 2.14 bits per heavy atom. The van der Waals surface area contributed by atoms with Gasteiger partial charge in [-0.25, -0.2) is 4.79 Å². The van der Waals surface area contributed by atoms with Gasteiger partial charge in [0.1, 0.15) is 6.04 Å². The van der Waals surface area contributed by atoms with Crippen molar-refractivity contribution in [3.63, 3.8) is 0 Å². The Hall–Kier alpha value is -2.63. The molecular weight excluding hydrogens is 280 g/mol. The van der Waals surface area contributed by atoms with Gasteiger partial charge in [-0.05, 0) is 31.4 Å². The third-order valence-corrected chi connectivity index (χ3v) is 3.69. The predicted molar refractivity (Wildman–Crippen MR) is 84.5 cm³/mol. The highest BCUT2D eigenvalue weighted by Gasteiger charge is 2.22. The van der Waals surface area contributed by atoms with E-state index in [2.05, 4.69) is 20.9 Å². The third kappa shape index (κ3) is 3.33. The van der Waals surface area contributed by atoms with Crippen LogP contribution in [0.1, 0.15) is 19.3 Å². The summed E-state index contributed by atoms with van der Waals surface area (Å²) >= 11 is 0. The molecule has 2 heterocycles. The number of rotatable bonds is 2. The number of hydrogen-bond donors (Lipinski definition) is 3. The van der Waals surface area contributed by atoms with Crippen LogP contribution in [0.3, 0.4) is 0 Å². The van der Waals surface area contributed by atoms with Gasteiger partial charge in [0.05, 0.1) is 17.4 Å². The SMILES string of the molecule is O=C(Nc1cnc2ccccc2c1)NC1CCCCNC1=O. The highest BCUT2D eigenvalue weighted by molar-refractivity contribution is 5.95. The number of hydrogen-bond acceptors (Lipinski definition) is 3. The average Bonchev–Trinajstić information content (AvgIpc) is 2.72. The molecule has 0 aliphatic carbocycles. The van der Waals surface area contributed by atoms with E-state index in [1.165, 1.54) is 0 Å². The van der Waals surface area contributed by atoms with Crippen LogP contribution < -0.4 is 16.0 Å². The van der Waals surface area contributed by atoms with E-state index in [1.54, 1.807) is 6.20 Å². The van der Waals surface area contributed by atoms with Crippen LogP contribution in [0.5, 0.6) is 0 Å². The summed E-state index contributed by atoms with van der Waals surface area (Å²) < 4.78 is 0. The topological polar surface area (TPSA) is 83.1 Å². The Morgan fingerprint density at radius 3 is 3.05 bits per heavy atom. The molecule has 1 aromatic heterocycles. The number of benzene rings is 1. The molecule has 6 nitrogen and oxygen atoms in total. The Kier molecular flexibility index (Phi) is 4.18. The molecular formula is C16H18N4O2. The summed E-state index contributed by atoms with van der Waals surface area (Å²) in [6, 6.07) is 8.67. The van der Waals surface area contributed by atoms with Gasteiger partial charge in [0.2, 0.25) is 5.91 Å². The van der Waals surface area contributed by atoms with Crippen molar-refractivity contribution in [1.29, 1.82) is 0 Å². The Bertz CT molecular complexity index is 701. The molecule has 3 rings (SSSR count). The monoisotopic (exact) mass is 298 g/mol. The summed E-state index contributed by atoms with van der Waals surface area (Å²) in [6.45, 7) is 0.674. The zero-order valence-electron chi connectivity index (χ0n) is 12.1. The van der Waals surface area contributed by atoms with Gasteiger partial charge in [-0.15, -0.1) is 0 Å². The molecule has 1 unspecified atom stereocenters. The third-order valence-electron chi connectivity index (χ3n) is 3.69. The molecule has 3 N–H and O–H groups in total. The van der Waals surface area contributed by atoms with Crippen molar-refractivity contribution >= 4 is 28.5 Å². The fourth-order valence-corrected chi connectivity index (χ4v) is 2.54. The number of nitrogens with zero attached hydrogens (tertiary/aromatic N) is 1. The highest BCUT2D eigenvalue weighted by Crippen LogP contribution is 2.16. The molecule has 0 radical (unpaired) electrons. The first kappa shape index (κ1) is 14.3. The van der Waals surface area contributed by atoms with E-state index >= 15 is 0 Å². The Labute approximate surface area is 128 Å². The number of amides is 3. The average molecular weight is 298 g/mol. The zero-order chi connectivity index (χ0) is 15.4. The van der Waals surface area contributed by atoms with Crippen molar-refractivity contribution in [3.8, 4) is 0 Å². The standard InChI is InChI=1S/C16H18N4O2/c21-15-14(7-3-4-8-17-15)20-16(22)19-12-9-11-5-1-2-6-13(11)18-10-12/h1-2,5-6,9-10,14H,3-4,7-8H2,(H,17,21)(H2,19,20,22). The maximum absolute atomic E-state index is 12.0. The van der Waals surface area contributed by atoms with Crippen LogP contribution in [-0.2, 0) is 4.79 Å². The van der Waals surface area contributed by atoms with Crippen molar-refractivity contribution < 1.29 is 9.59 Å². The maximum Gasteiger partial charge on any atom is 0.319 e. The second-order valence-electron chi connectivity index (χ2n) is 5.35. The van der Waals surface area contributed by atoms with Crippen molar-refractivity contribution in [2.75, 3.05) is 11.9 Å². The van der Waals surface area contributed by atoms with Crippen LogP contribution in [0, 0.1) is 0 Å². The quantitative estimate of drug-likeness (QED) is 0.793. The minimum absolute atomic E-state index is 0.121. The molecule has 1 aliphatic rings. The van der Waals surface area contributed by atoms with Gasteiger partial charge < -0.3 is 16.0 Å². The summed E-state index contributed by atoms with van der Waals surface area (Å²) in [5.74, 6) is -0.121. The number of carbonyl (C=O) groups is 2. The number of fused-ring (bicyclic) bond motifs is 1. The smallest absolute Gasteiger partial charge is 0.319 e. The van der Waals surface area contributed by atoms with E-state index in [-0.39, 0.29) is 11.9 Å². The molecule has 22 heavy (non-hydrogen) atoms. The number of urea groups is 1. The molecule has 1 atom stereocenters. The van der Waals surface area contributed by atoms with Gasteiger partial charge in [0, 0.05) is 11.9 Å². The molecule has 114 valence electrons. The molecule has 1 saturated heterocycles. The van der Waals surface area contributed by atoms with Gasteiger partial charge >= 0.3 is 6.03 Å². The lowest BCUT2D eigenvalue weighted by Gasteiger charge is -2.15. The van der Waals surface area contributed by atoms with Crippen molar-refractivity contribution in [3.05, 3.63) is 36.5 Å². The van der Waals surface area contributed by atoms with Gasteiger partial charge in [0.25, 0.3) is 0 Å². The van der Waals surface area contributed by atoms with Crippen LogP contribution in [0.15, 0.2) is 36.5 Å². The largest absolute Gasteiger partial charge is 0.354 e. The van der Waals surface area contributed by atoms with E-state index in [0.717, 1.165) is 23.7 Å².